The number of phenolic OH excluding ortho intramolecular Hbond substituents is 1. The number of hydrogen-bond donors (Lipinski definition) is 2. The van der Waals surface area contributed by atoms with Gasteiger partial charge >= 0.3 is 0 Å². The van der Waals surface area contributed by atoms with Crippen LogP contribution in [0, 0.1) is 6.92 Å². The van der Waals surface area contributed by atoms with Crippen LogP contribution in [0.3, 0.4) is 0 Å². The molecule has 0 aliphatic heterocycles. The lowest BCUT2D eigenvalue weighted by atomic mass is 9.97. The van der Waals surface area contributed by atoms with Crippen molar-refractivity contribution in [1.82, 2.24) is 4.72 Å². The normalized spacial score (nSPS) is 12.4. The Morgan fingerprint density at radius 1 is 0.931 bits per heavy atom. The zero-order valence-electron chi connectivity index (χ0n) is 16.4. The van der Waals surface area contributed by atoms with Crippen LogP contribution in [0.2, 0.25) is 0 Å². The van der Waals surface area contributed by atoms with E-state index in [0.717, 1.165) is 5.56 Å². The van der Waals surface area contributed by atoms with Crippen LogP contribution in [-0.4, -0.2) is 27.7 Å². The third-order valence-corrected chi connectivity index (χ3v) is 6.01. The van der Waals surface area contributed by atoms with E-state index in [1.54, 1.807) is 54.6 Å². The molecule has 0 heterocycles. The summed E-state index contributed by atoms with van der Waals surface area (Å²) < 4.78 is 39.5. The second kappa shape index (κ2) is 8.55. The number of aromatic hydroxyl groups is 1. The van der Waals surface area contributed by atoms with Crippen LogP contribution in [0.5, 0.6) is 17.2 Å². The summed E-state index contributed by atoms with van der Waals surface area (Å²) in [5, 5.41) is 10.7. The highest BCUT2D eigenvalue weighted by molar-refractivity contribution is 7.89. The molecule has 0 radical (unpaired) electrons. The zero-order valence-corrected chi connectivity index (χ0v) is 17.2. The van der Waals surface area contributed by atoms with Gasteiger partial charge in [0.25, 0.3) is 0 Å². The lowest BCUT2D eigenvalue weighted by molar-refractivity contribution is 0.376. The van der Waals surface area contributed by atoms with Crippen LogP contribution in [0.15, 0.2) is 71.6 Å². The van der Waals surface area contributed by atoms with E-state index >= 15 is 0 Å². The van der Waals surface area contributed by atoms with Crippen LogP contribution in [-0.2, 0) is 10.0 Å². The van der Waals surface area contributed by atoms with E-state index in [4.69, 9.17) is 9.47 Å². The molecule has 0 fully saturated rings. The Kier molecular flexibility index (Phi) is 6.10. The number of rotatable bonds is 7. The molecule has 0 spiro atoms. The molecule has 1 unspecified atom stereocenters. The predicted molar refractivity (Wildman–Crippen MR) is 111 cm³/mol. The highest BCUT2D eigenvalue weighted by Crippen LogP contribution is 2.40. The molecule has 0 aromatic heterocycles. The van der Waals surface area contributed by atoms with Crippen molar-refractivity contribution in [2.45, 2.75) is 17.9 Å². The third-order valence-electron chi connectivity index (χ3n) is 4.58. The number of ether oxygens (including phenoxy) is 2. The average molecular weight is 413 g/mol. The van der Waals surface area contributed by atoms with Gasteiger partial charge in [-0.25, -0.2) is 8.42 Å². The molecule has 3 aromatic rings. The molecule has 6 nitrogen and oxygen atoms in total. The molecule has 0 aliphatic carbocycles. The first kappa shape index (κ1) is 20.7. The molecule has 152 valence electrons. The minimum absolute atomic E-state index is 0.135. The van der Waals surface area contributed by atoms with Crippen LogP contribution in [0.4, 0.5) is 0 Å². The second-order valence-electron chi connectivity index (χ2n) is 6.54. The summed E-state index contributed by atoms with van der Waals surface area (Å²) in [5.74, 6) is 0.570. The smallest absolute Gasteiger partial charge is 0.241 e. The topological polar surface area (TPSA) is 84.9 Å². The van der Waals surface area contributed by atoms with E-state index in [2.05, 4.69) is 4.72 Å². The average Bonchev–Trinajstić information content (AvgIpc) is 2.72. The summed E-state index contributed by atoms with van der Waals surface area (Å²) in [4.78, 5) is 0.135. The monoisotopic (exact) mass is 413 g/mol. The fourth-order valence-electron chi connectivity index (χ4n) is 3.04. The molecule has 0 saturated carbocycles. The Morgan fingerprint density at radius 3 is 2.17 bits per heavy atom. The number of aryl methyl sites for hydroxylation is 1. The van der Waals surface area contributed by atoms with Gasteiger partial charge in [0.05, 0.1) is 30.7 Å². The van der Waals surface area contributed by atoms with Gasteiger partial charge in [0.2, 0.25) is 10.0 Å². The molecular formula is C22H23NO5S. The van der Waals surface area contributed by atoms with E-state index in [0.29, 0.717) is 22.6 Å². The Morgan fingerprint density at radius 2 is 1.59 bits per heavy atom. The van der Waals surface area contributed by atoms with Crippen LogP contribution < -0.4 is 14.2 Å². The van der Waals surface area contributed by atoms with Gasteiger partial charge in [-0.1, -0.05) is 48.0 Å². The highest BCUT2D eigenvalue weighted by atomic mass is 32.2. The maximum Gasteiger partial charge on any atom is 0.241 e. The standard InChI is InChI=1S/C22H23NO5S/c1-15-9-11-18(12-10-15)29(25,26)23-22(16-7-5-4-6-8-16)21-19(24)13-17(27-2)14-20(21)28-3/h4-14,22-24H,1-3H3. The first-order valence-electron chi connectivity index (χ1n) is 8.94. The summed E-state index contributed by atoms with van der Waals surface area (Å²) in [6.07, 6.45) is 0. The molecule has 2 N–H and O–H groups in total. The van der Waals surface area contributed by atoms with Crippen molar-refractivity contribution in [1.29, 1.82) is 0 Å². The molecule has 0 amide bonds. The van der Waals surface area contributed by atoms with E-state index in [9.17, 15) is 13.5 Å². The first-order valence-corrected chi connectivity index (χ1v) is 10.4. The van der Waals surface area contributed by atoms with E-state index in [1.165, 1.54) is 20.3 Å². The maximum absolute atomic E-state index is 13.1. The van der Waals surface area contributed by atoms with Crippen molar-refractivity contribution in [3.63, 3.8) is 0 Å². The lowest BCUT2D eigenvalue weighted by Gasteiger charge is -2.23. The van der Waals surface area contributed by atoms with Crippen molar-refractivity contribution in [2.24, 2.45) is 0 Å². The van der Waals surface area contributed by atoms with Gasteiger partial charge in [0.1, 0.15) is 17.2 Å². The van der Waals surface area contributed by atoms with Gasteiger partial charge in [-0.05, 0) is 24.6 Å². The SMILES string of the molecule is COc1cc(O)c(C(NS(=O)(=O)c2ccc(C)cc2)c2ccccc2)c(OC)c1. The van der Waals surface area contributed by atoms with Gasteiger partial charge in [-0.3, -0.25) is 0 Å². The molecule has 3 rings (SSSR count). The summed E-state index contributed by atoms with van der Waals surface area (Å²) in [5.41, 5.74) is 1.91. The van der Waals surface area contributed by atoms with Gasteiger partial charge < -0.3 is 14.6 Å². The third kappa shape index (κ3) is 4.52. The Hall–Kier alpha value is -3.03. The predicted octanol–water partition coefficient (Wildman–Crippen LogP) is 3.79. The highest BCUT2D eigenvalue weighted by Gasteiger charge is 2.28. The summed E-state index contributed by atoms with van der Waals surface area (Å²) >= 11 is 0. The van der Waals surface area contributed by atoms with Crippen LogP contribution in [0.1, 0.15) is 22.7 Å². The van der Waals surface area contributed by atoms with Crippen LogP contribution >= 0.6 is 0 Å². The lowest BCUT2D eigenvalue weighted by Crippen LogP contribution is -2.30. The second-order valence-corrected chi connectivity index (χ2v) is 8.25. The van der Waals surface area contributed by atoms with Gasteiger partial charge in [-0.2, -0.15) is 4.72 Å². The zero-order chi connectivity index (χ0) is 21.0. The molecule has 0 aliphatic rings. The summed E-state index contributed by atoms with van der Waals surface area (Å²) in [6, 6.07) is 17.7. The number of sulfonamides is 1. The maximum atomic E-state index is 13.1. The number of methoxy groups -OCH3 is 2. The Labute approximate surface area is 170 Å². The molecular weight excluding hydrogens is 390 g/mol. The van der Waals surface area contributed by atoms with Crippen LogP contribution in [0.25, 0.3) is 0 Å². The molecule has 3 aromatic carbocycles. The minimum atomic E-state index is -3.88. The summed E-state index contributed by atoms with van der Waals surface area (Å²) in [6.45, 7) is 1.89. The Bertz CT molecular complexity index is 1080. The van der Waals surface area contributed by atoms with Gasteiger partial charge in [0.15, 0.2) is 0 Å². The van der Waals surface area contributed by atoms with Crippen molar-refractivity contribution in [2.75, 3.05) is 14.2 Å². The van der Waals surface area contributed by atoms with E-state index in [1.807, 2.05) is 13.0 Å². The van der Waals surface area contributed by atoms with Gasteiger partial charge in [-0.15, -0.1) is 0 Å². The quantitative estimate of drug-likeness (QED) is 0.616. The fraction of sp³-hybridized carbons (Fsp3) is 0.182. The fourth-order valence-corrected chi connectivity index (χ4v) is 4.24. The molecule has 29 heavy (non-hydrogen) atoms. The van der Waals surface area contributed by atoms with E-state index in [-0.39, 0.29) is 10.6 Å². The van der Waals surface area contributed by atoms with Crippen molar-refractivity contribution >= 4 is 10.0 Å². The first-order chi connectivity index (χ1) is 13.9. The number of hydrogen-bond acceptors (Lipinski definition) is 5. The molecule has 1 atom stereocenters. The van der Waals surface area contributed by atoms with Crippen molar-refractivity contribution in [3.8, 4) is 17.2 Å². The number of phenols is 1. The molecule has 0 bridgehead atoms. The Balaban J connectivity index is 2.14. The number of benzene rings is 3. The summed E-state index contributed by atoms with van der Waals surface area (Å²) in [7, 11) is -0.950. The number of nitrogens with one attached hydrogen (secondary N) is 1. The van der Waals surface area contributed by atoms with Gasteiger partial charge in [0, 0.05) is 12.1 Å². The largest absolute Gasteiger partial charge is 0.507 e. The van der Waals surface area contributed by atoms with Crippen molar-refractivity contribution < 1.29 is 23.0 Å². The molecule has 7 heteroatoms. The van der Waals surface area contributed by atoms with E-state index < -0.39 is 16.1 Å². The van der Waals surface area contributed by atoms with Crippen molar-refractivity contribution in [3.05, 3.63) is 83.4 Å². The minimum Gasteiger partial charge on any atom is -0.507 e. The molecule has 0 saturated heterocycles.